The van der Waals surface area contributed by atoms with Gasteiger partial charge in [0, 0.05) is 12.1 Å². The Morgan fingerprint density at radius 3 is 2.40 bits per heavy atom. The largest absolute Gasteiger partial charge is 0.497 e. The van der Waals surface area contributed by atoms with E-state index in [1.54, 1.807) is 19.2 Å². The topological polar surface area (TPSA) is 130 Å². The van der Waals surface area contributed by atoms with Crippen molar-refractivity contribution in [3.05, 3.63) is 81.6 Å². The lowest BCUT2D eigenvalue weighted by Gasteiger charge is -2.13. The summed E-state index contributed by atoms with van der Waals surface area (Å²) < 4.78 is 10.5. The first kappa shape index (κ1) is 23.4. The molecule has 1 aliphatic rings. The minimum absolute atomic E-state index is 0.0690. The number of fused-ring (bicyclic) bond motifs is 1. The van der Waals surface area contributed by atoms with Gasteiger partial charge >= 0.3 is 0 Å². The van der Waals surface area contributed by atoms with E-state index in [0.717, 1.165) is 10.5 Å². The summed E-state index contributed by atoms with van der Waals surface area (Å²) in [5, 5.41) is 11.9. The van der Waals surface area contributed by atoms with Crippen molar-refractivity contribution in [3.63, 3.8) is 0 Å². The van der Waals surface area contributed by atoms with Gasteiger partial charge in [-0.25, -0.2) is 0 Å². The number of rotatable bonds is 7. The van der Waals surface area contributed by atoms with Crippen LogP contribution in [0, 0.1) is 18.3 Å². The number of methoxy groups -OCH3 is 1. The first-order valence-electron chi connectivity index (χ1n) is 10.7. The second-order valence-corrected chi connectivity index (χ2v) is 7.98. The minimum atomic E-state index is -0.648. The molecule has 4 rings (SSSR count). The maximum atomic E-state index is 12.9. The maximum absolute atomic E-state index is 12.9. The van der Waals surface area contributed by atoms with Gasteiger partial charge in [0.25, 0.3) is 17.7 Å². The highest BCUT2D eigenvalue weighted by molar-refractivity contribution is 6.22. The molecule has 3 aromatic rings. The van der Waals surface area contributed by atoms with Crippen LogP contribution in [0.4, 0.5) is 5.88 Å². The summed E-state index contributed by atoms with van der Waals surface area (Å²) in [7, 11) is 1.57. The Labute approximate surface area is 200 Å². The van der Waals surface area contributed by atoms with Gasteiger partial charge in [-0.05, 0) is 56.2 Å². The van der Waals surface area contributed by atoms with Gasteiger partial charge in [0.15, 0.2) is 5.78 Å². The number of nitrogens with zero attached hydrogens (tertiary/aromatic N) is 2. The summed E-state index contributed by atoms with van der Waals surface area (Å²) in [4.78, 5) is 51.5. The SMILES string of the molecule is COc1ccc(CCN2C(=O)c3ccc(C(=O)Nc4oc(C)c(C(C)=O)c4C#N)cc3C2=O)cc1. The van der Waals surface area contributed by atoms with Crippen LogP contribution in [0.2, 0.25) is 0 Å². The number of ketones is 1. The molecule has 35 heavy (non-hydrogen) atoms. The molecule has 0 aliphatic carbocycles. The van der Waals surface area contributed by atoms with Gasteiger partial charge in [-0.1, -0.05) is 12.1 Å². The second kappa shape index (κ2) is 9.27. The fourth-order valence-electron chi connectivity index (χ4n) is 4.01. The number of carbonyl (C=O) groups is 4. The molecule has 9 heteroatoms. The summed E-state index contributed by atoms with van der Waals surface area (Å²) in [5.74, 6) is -1.14. The third-order valence-electron chi connectivity index (χ3n) is 5.79. The molecule has 1 N–H and O–H groups in total. The molecule has 0 radical (unpaired) electrons. The van der Waals surface area contributed by atoms with Crippen molar-refractivity contribution in [2.45, 2.75) is 20.3 Å². The molecule has 2 aromatic carbocycles. The van der Waals surface area contributed by atoms with Gasteiger partial charge < -0.3 is 9.15 Å². The van der Waals surface area contributed by atoms with E-state index in [-0.39, 0.29) is 51.8 Å². The Hall–Kier alpha value is -4.71. The minimum Gasteiger partial charge on any atom is -0.497 e. The molecule has 0 atom stereocenters. The molecule has 1 aromatic heterocycles. The third-order valence-corrected chi connectivity index (χ3v) is 5.79. The van der Waals surface area contributed by atoms with E-state index in [4.69, 9.17) is 9.15 Å². The van der Waals surface area contributed by atoms with Crippen molar-refractivity contribution in [1.82, 2.24) is 4.90 Å². The van der Waals surface area contributed by atoms with Crippen LogP contribution in [0.15, 0.2) is 46.9 Å². The quantitative estimate of drug-likeness (QED) is 0.410. The summed E-state index contributed by atoms with van der Waals surface area (Å²) >= 11 is 0. The van der Waals surface area contributed by atoms with Gasteiger partial charge in [-0.2, -0.15) is 5.26 Å². The lowest BCUT2D eigenvalue weighted by Crippen LogP contribution is -2.31. The lowest BCUT2D eigenvalue weighted by atomic mass is 10.0. The van der Waals surface area contributed by atoms with Gasteiger partial charge in [0.05, 0.1) is 23.8 Å². The van der Waals surface area contributed by atoms with Crippen LogP contribution in [-0.2, 0) is 6.42 Å². The molecular formula is C26H21N3O6. The van der Waals surface area contributed by atoms with Crippen molar-refractivity contribution < 1.29 is 28.3 Å². The summed E-state index contributed by atoms with van der Waals surface area (Å²) in [6.07, 6.45) is 0.468. The number of imide groups is 1. The molecule has 2 heterocycles. The van der Waals surface area contributed by atoms with Crippen LogP contribution < -0.4 is 10.1 Å². The third kappa shape index (κ3) is 4.29. The molecule has 9 nitrogen and oxygen atoms in total. The molecular weight excluding hydrogens is 450 g/mol. The zero-order chi connectivity index (χ0) is 25.3. The standard InChI is InChI=1S/C26H21N3O6/c1-14(30)22-15(2)35-24(21(22)13-27)28-23(31)17-6-9-19-20(12-17)26(33)29(25(19)32)11-10-16-4-7-18(34-3)8-5-16/h4-9,12H,10-11H2,1-3H3,(H,28,31). The van der Waals surface area contributed by atoms with Crippen LogP contribution in [-0.4, -0.2) is 42.1 Å². The molecule has 1 aliphatic heterocycles. The van der Waals surface area contributed by atoms with Gasteiger partial charge in [-0.3, -0.25) is 29.4 Å². The van der Waals surface area contributed by atoms with Gasteiger partial charge in [0.2, 0.25) is 5.88 Å². The highest BCUT2D eigenvalue weighted by Crippen LogP contribution is 2.28. The van der Waals surface area contributed by atoms with Crippen molar-refractivity contribution in [2.75, 3.05) is 19.0 Å². The highest BCUT2D eigenvalue weighted by Gasteiger charge is 2.36. The number of aryl methyl sites for hydroxylation is 1. The first-order valence-corrected chi connectivity index (χ1v) is 10.7. The summed E-state index contributed by atoms with van der Waals surface area (Å²) in [6.45, 7) is 3.01. The van der Waals surface area contributed by atoms with Crippen LogP contribution in [0.5, 0.6) is 5.75 Å². The fourth-order valence-corrected chi connectivity index (χ4v) is 4.01. The van der Waals surface area contributed by atoms with E-state index in [0.29, 0.717) is 12.2 Å². The van der Waals surface area contributed by atoms with E-state index in [1.165, 1.54) is 32.0 Å². The van der Waals surface area contributed by atoms with Crippen molar-refractivity contribution in [1.29, 1.82) is 5.26 Å². The zero-order valence-corrected chi connectivity index (χ0v) is 19.3. The number of Topliss-reactive ketones (excluding diaryl/α,β-unsaturated/α-hetero) is 1. The molecule has 0 bridgehead atoms. The number of hydrogen-bond acceptors (Lipinski definition) is 7. The number of carbonyl (C=O) groups excluding carboxylic acids is 4. The van der Waals surface area contributed by atoms with Crippen LogP contribution in [0.3, 0.4) is 0 Å². The number of nitriles is 1. The molecule has 3 amide bonds. The number of ether oxygens (including phenoxy) is 1. The number of anilines is 1. The van der Waals surface area contributed by atoms with E-state index in [1.807, 2.05) is 18.2 Å². The normalized spacial score (nSPS) is 12.3. The molecule has 0 fully saturated rings. The van der Waals surface area contributed by atoms with Gasteiger partial charge in [0.1, 0.15) is 23.1 Å². The molecule has 0 spiro atoms. The monoisotopic (exact) mass is 471 g/mol. The first-order chi connectivity index (χ1) is 16.7. The number of amides is 3. The van der Waals surface area contributed by atoms with Crippen molar-refractivity contribution >= 4 is 29.4 Å². The Balaban J connectivity index is 1.52. The van der Waals surface area contributed by atoms with E-state index in [9.17, 15) is 24.4 Å². The predicted octanol–water partition coefficient (Wildman–Crippen LogP) is 3.76. The fraction of sp³-hybridized carbons (Fsp3) is 0.192. The molecule has 176 valence electrons. The smallest absolute Gasteiger partial charge is 0.261 e. The summed E-state index contributed by atoms with van der Waals surface area (Å²) in [6, 6.07) is 13.4. The lowest BCUT2D eigenvalue weighted by molar-refractivity contribution is 0.0655. The van der Waals surface area contributed by atoms with Crippen LogP contribution in [0.25, 0.3) is 0 Å². The maximum Gasteiger partial charge on any atom is 0.261 e. The predicted molar refractivity (Wildman–Crippen MR) is 125 cm³/mol. The molecule has 0 unspecified atom stereocenters. The Morgan fingerprint density at radius 2 is 1.77 bits per heavy atom. The van der Waals surface area contributed by atoms with Crippen molar-refractivity contribution in [3.8, 4) is 11.8 Å². The van der Waals surface area contributed by atoms with E-state index < -0.39 is 17.7 Å². The number of hydrogen-bond donors (Lipinski definition) is 1. The summed E-state index contributed by atoms with van der Waals surface area (Å²) in [5.41, 5.74) is 1.41. The Morgan fingerprint density at radius 1 is 1.09 bits per heavy atom. The number of furan rings is 1. The Bertz CT molecular complexity index is 1410. The van der Waals surface area contributed by atoms with Crippen LogP contribution >= 0.6 is 0 Å². The van der Waals surface area contributed by atoms with Crippen LogP contribution in [0.1, 0.15) is 65.2 Å². The second-order valence-electron chi connectivity index (χ2n) is 7.98. The highest BCUT2D eigenvalue weighted by atomic mass is 16.5. The van der Waals surface area contributed by atoms with E-state index >= 15 is 0 Å². The molecule has 0 saturated heterocycles. The Kier molecular flexibility index (Phi) is 6.21. The number of nitrogens with one attached hydrogen (secondary N) is 1. The van der Waals surface area contributed by atoms with Crippen molar-refractivity contribution in [2.24, 2.45) is 0 Å². The number of benzene rings is 2. The zero-order valence-electron chi connectivity index (χ0n) is 19.3. The van der Waals surface area contributed by atoms with Gasteiger partial charge in [-0.15, -0.1) is 0 Å². The average Bonchev–Trinajstić information content (AvgIpc) is 3.30. The van der Waals surface area contributed by atoms with E-state index in [2.05, 4.69) is 5.32 Å². The average molecular weight is 471 g/mol. The molecule has 0 saturated carbocycles.